The molecular formula is C8H10F2N2O2. The number of aromatic nitrogens is 2. The van der Waals surface area contributed by atoms with Crippen LogP contribution in [0, 0.1) is 0 Å². The van der Waals surface area contributed by atoms with E-state index in [1.165, 1.54) is 6.07 Å². The molecule has 0 bridgehead atoms. The third-order valence-corrected chi connectivity index (χ3v) is 1.72. The number of aromatic amines is 1. The minimum absolute atomic E-state index is 0.0166. The molecule has 6 heteroatoms. The Balaban J connectivity index is 2.40. The fourth-order valence-electron chi connectivity index (χ4n) is 1.04. The first kappa shape index (κ1) is 10.6. The Hall–Kier alpha value is -1.46. The fraction of sp³-hybridized carbons (Fsp3) is 0.500. The molecule has 1 rings (SSSR count). The van der Waals surface area contributed by atoms with E-state index < -0.39 is 12.4 Å². The molecule has 0 saturated heterocycles. The molecule has 2 N–H and O–H groups in total. The maximum Gasteiger partial charge on any atom is 0.353 e. The highest BCUT2D eigenvalue weighted by Crippen LogP contribution is 2.08. The molecule has 0 aliphatic heterocycles. The molecule has 0 amide bonds. The number of carbonyl (C=O) groups is 1. The van der Waals surface area contributed by atoms with E-state index in [1.54, 1.807) is 0 Å². The van der Waals surface area contributed by atoms with Gasteiger partial charge in [0.15, 0.2) is 0 Å². The summed E-state index contributed by atoms with van der Waals surface area (Å²) in [6.07, 6.45) is -1.82. The van der Waals surface area contributed by atoms with Gasteiger partial charge in [-0.2, -0.15) is 5.10 Å². The van der Waals surface area contributed by atoms with E-state index in [0.29, 0.717) is 18.5 Å². The number of rotatable bonds is 5. The molecular weight excluding hydrogens is 194 g/mol. The minimum Gasteiger partial charge on any atom is -0.477 e. The van der Waals surface area contributed by atoms with Gasteiger partial charge in [-0.25, -0.2) is 13.6 Å². The van der Waals surface area contributed by atoms with Crippen LogP contribution in [0.25, 0.3) is 0 Å². The van der Waals surface area contributed by atoms with Gasteiger partial charge in [-0.1, -0.05) is 0 Å². The molecule has 1 heterocycles. The van der Waals surface area contributed by atoms with E-state index in [0.717, 1.165) is 0 Å². The van der Waals surface area contributed by atoms with Crippen molar-refractivity contribution >= 4 is 5.97 Å². The molecule has 1 aromatic heterocycles. The first-order valence-electron chi connectivity index (χ1n) is 4.15. The van der Waals surface area contributed by atoms with Gasteiger partial charge in [-0.3, -0.25) is 5.10 Å². The fourth-order valence-corrected chi connectivity index (χ4v) is 1.04. The van der Waals surface area contributed by atoms with E-state index >= 15 is 0 Å². The SMILES string of the molecule is O=C(O)c1cc(CCCC(F)F)n[nH]1. The zero-order chi connectivity index (χ0) is 10.6. The van der Waals surface area contributed by atoms with Gasteiger partial charge in [0.2, 0.25) is 6.43 Å². The third kappa shape index (κ3) is 3.12. The van der Waals surface area contributed by atoms with Crippen LogP contribution in [-0.4, -0.2) is 27.7 Å². The van der Waals surface area contributed by atoms with Crippen molar-refractivity contribution in [2.45, 2.75) is 25.7 Å². The van der Waals surface area contributed by atoms with Crippen LogP contribution < -0.4 is 0 Å². The summed E-state index contributed by atoms with van der Waals surface area (Å²) in [5, 5.41) is 14.5. The lowest BCUT2D eigenvalue weighted by molar-refractivity contribution is 0.0690. The summed E-state index contributed by atoms with van der Waals surface area (Å²) in [5.41, 5.74) is 0.486. The van der Waals surface area contributed by atoms with Crippen LogP contribution in [-0.2, 0) is 6.42 Å². The number of aromatic carboxylic acids is 1. The average molecular weight is 204 g/mol. The molecule has 1 aromatic rings. The van der Waals surface area contributed by atoms with Gasteiger partial charge in [-0.15, -0.1) is 0 Å². The summed E-state index contributed by atoms with van der Waals surface area (Å²) in [7, 11) is 0. The number of carboxylic acid groups (broad SMARTS) is 1. The molecule has 0 aromatic carbocycles. The quantitative estimate of drug-likeness (QED) is 0.767. The molecule has 14 heavy (non-hydrogen) atoms. The molecule has 0 aliphatic carbocycles. The predicted octanol–water partition coefficient (Wildman–Crippen LogP) is 1.70. The van der Waals surface area contributed by atoms with Crippen LogP contribution in [0.1, 0.15) is 29.0 Å². The number of alkyl halides is 2. The van der Waals surface area contributed by atoms with Crippen LogP contribution in [0.4, 0.5) is 8.78 Å². The van der Waals surface area contributed by atoms with Gasteiger partial charge in [-0.05, 0) is 18.9 Å². The highest BCUT2D eigenvalue weighted by molar-refractivity contribution is 5.85. The third-order valence-electron chi connectivity index (χ3n) is 1.72. The van der Waals surface area contributed by atoms with Gasteiger partial charge >= 0.3 is 5.97 Å². The summed E-state index contributed by atoms with van der Waals surface area (Å²) in [6.45, 7) is 0. The first-order valence-corrected chi connectivity index (χ1v) is 4.15. The van der Waals surface area contributed by atoms with E-state index in [9.17, 15) is 13.6 Å². The highest BCUT2D eigenvalue weighted by atomic mass is 19.3. The maximum atomic E-state index is 11.7. The number of aryl methyl sites for hydroxylation is 1. The maximum absolute atomic E-state index is 11.7. The zero-order valence-electron chi connectivity index (χ0n) is 7.33. The monoisotopic (exact) mass is 204 g/mol. The predicted molar refractivity (Wildman–Crippen MR) is 44.5 cm³/mol. The molecule has 0 spiro atoms. The normalized spacial score (nSPS) is 10.8. The number of hydrogen-bond donors (Lipinski definition) is 2. The zero-order valence-corrected chi connectivity index (χ0v) is 7.33. The molecule has 4 nitrogen and oxygen atoms in total. The number of halogens is 2. The topological polar surface area (TPSA) is 66.0 Å². The minimum atomic E-state index is -2.31. The summed E-state index contributed by atoms with van der Waals surface area (Å²) >= 11 is 0. The Morgan fingerprint density at radius 1 is 1.64 bits per heavy atom. The van der Waals surface area contributed by atoms with Crippen molar-refractivity contribution in [2.24, 2.45) is 0 Å². The summed E-state index contributed by atoms with van der Waals surface area (Å²) < 4.78 is 23.5. The molecule has 0 atom stereocenters. The largest absolute Gasteiger partial charge is 0.477 e. The molecule has 0 aliphatic rings. The van der Waals surface area contributed by atoms with Crippen molar-refractivity contribution in [3.63, 3.8) is 0 Å². The van der Waals surface area contributed by atoms with Crippen molar-refractivity contribution in [1.82, 2.24) is 10.2 Å². The number of nitrogens with zero attached hydrogens (tertiary/aromatic N) is 1. The number of H-pyrrole nitrogens is 1. The standard InChI is InChI=1S/C8H10F2N2O2/c9-7(10)3-1-2-5-4-6(8(13)14)12-11-5/h4,7H,1-3H2,(H,11,12)(H,13,14). The number of carboxylic acids is 1. The average Bonchev–Trinajstić information content (AvgIpc) is 2.52. The number of nitrogens with one attached hydrogen (secondary N) is 1. The van der Waals surface area contributed by atoms with Crippen molar-refractivity contribution < 1.29 is 18.7 Å². The Labute approximate surface area is 78.9 Å². The lowest BCUT2D eigenvalue weighted by Gasteiger charge is -1.95. The van der Waals surface area contributed by atoms with E-state index in [4.69, 9.17) is 5.11 Å². The van der Waals surface area contributed by atoms with Gasteiger partial charge in [0.1, 0.15) is 5.69 Å². The Bertz CT molecular complexity index is 312. The van der Waals surface area contributed by atoms with Gasteiger partial charge in [0, 0.05) is 6.42 Å². The van der Waals surface area contributed by atoms with Crippen molar-refractivity contribution in [2.75, 3.05) is 0 Å². The molecule has 0 radical (unpaired) electrons. The Morgan fingerprint density at radius 2 is 2.36 bits per heavy atom. The second kappa shape index (κ2) is 4.69. The van der Waals surface area contributed by atoms with Crippen LogP contribution in [0.15, 0.2) is 6.07 Å². The molecule has 0 fully saturated rings. The Morgan fingerprint density at radius 3 is 2.86 bits per heavy atom. The smallest absolute Gasteiger partial charge is 0.353 e. The van der Waals surface area contributed by atoms with Crippen LogP contribution in [0.3, 0.4) is 0 Å². The molecule has 78 valence electrons. The van der Waals surface area contributed by atoms with Crippen molar-refractivity contribution in [1.29, 1.82) is 0 Å². The summed E-state index contributed by atoms with van der Waals surface area (Å²) in [4.78, 5) is 10.4. The van der Waals surface area contributed by atoms with Crippen LogP contribution >= 0.6 is 0 Å². The highest BCUT2D eigenvalue weighted by Gasteiger charge is 2.08. The Kier molecular flexibility index (Phi) is 3.55. The van der Waals surface area contributed by atoms with Crippen molar-refractivity contribution in [3.05, 3.63) is 17.5 Å². The van der Waals surface area contributed by atoms with Crippen LogP contribution in [0.2, 0.25) is 0 Å². The second-order valence-corrected chi connectivity index (χ2v) is 2.86. The van der Waals surface area contributed by atoms with E-state index in [2.05, 4.69) is 10.2 Å². The van der Waals surface area contributed by atoms with Gasteiger partial charge in [0.25, 0.3) is 0 Å². The molecule has 0 unspecified atom stereocenters. The molecule has 0 saturated carbocycles. The lowest BCUT2D eigenvalue weighted by atomic mass is 10.2. The van der Waals surface area contributed by atoms with Gasteiger partial charge < -0.3 is 5.11 Å². The lowest BCUT2D eigenvalue weighted by Crippen LogP contribution is -1.95. The van der Waals surface area contributed by atoms with Gasteiger partial charge in [0.05, 0.1) is 5.69 Å². The number of hydrogen-bond acceptors (Lipinski definition) is 2. The van der Waals surface area contributed by atoms with E-state index in [1.807, 2.05) is 0 Å². The van der Waals surface area contributed by atoms with Crippen molar-refractivity contribution in [3.8, 4) is 0 Å². The van der Waals surface area contributed by atoms with E-state index in [-0.39, 0.29) is 12.1 Å². The first-order chi connectivity index (χ1) is 6.59. The summed E-state index contributed by atoms with van der Waals surface area (Å²) in [5.74, 6) is -1.10. The second-order valence-electron chi connectivity index (χ2n) is 2.86. The van der Waals surface area contributed by atoms with Crippen LogP contribution in [0.5, 0.6) is 0 Å². The summed E-state index contributed by atoms with van der Waals surface area (Å²) in [6, 6.07) is 1.35.